The van der Waals surface area contributed by atoms with Crippen molar-refractivity contribution in [3.05, 3.63) is 18.1 Å². The largest absolute Gasteiger partial charge is 0.369 e. The van der Waals surface area contributed by atoms with Gasteiger partial charge >= 0.3 is 0 Å². The van der Waals surface area contributed by atoms with Crippen molar-refractivity contribution in [1.82, 2.24) is 24.6 Å². The van der Waals surface area contributed by atoms with E-state index in [0.29, 0.717) is 6.54 Å². The average molecular weight is 196 g/mol. The fraction of sp³-hybridized carbons (Fsp3) is 0.333. The van der Waals surface area contributed by atoms with Crippen molar-refractivity contribution in [3.63, 3.8) is 0 Å². The van der Waals surface area contributed by atoms with E-state index in [1.807, 2.05) is 13.2 Å². The Hall–Kier alpha value is -1.50. The molecule has 2 heterocycles. The Labute approximate surface area is 78.8 Å². The summed E-state index contributed by atoms with van der Waals surface area (Å²) in [6.07, 6.45) is 3.54. The van der Waals surface area contributed by atoms with Crippen molar-refractivity contribution < 1.29 is 0 Å². The molecule has 0 unspecified atom stereocenters. The van der Waals surface area contributed by atoms with E-state index in [1.54, 1.807) is 10.9 Å². The topological polar surface area (TPSA) is 68.5 Å². The number of anilines is 1. The van der Waals surface area contributed by atoms with Gasteiger partial charge in [0.05, 0.1) is 12.7 Å². The predicted octanol–water partition coefficient (Wildman–Crippen LogP) is 0.279. The monoisotopic (exact) mass is 196 g/mol. The van der Waals surface area contributed by atoms with Crippen LogP contribution in [0.15, 0.2) is 12.4 Å². The SMILES string of the molecule is Cn1cc(CNc2cnns2)nn1. The Morgan fingerprint density at radius 3 is 3.15 bits per heavy atom. The molecule has 0 bridgehead atoms. The second-order valence-corrected chi connectivity index (χ2v) is 3.30. The summed E-state index contributed by atoms with van der Waals surface area (Å²) in [7, 11) is 1.84. The lowest BCUT2D eigenvalue weighted by atomic mass is 10.5. The molecule has 13 heavy (non-hydrogen) atoms. The molecule has 0 aliphatic heterocycles. The fourth-order valence-corrected chi connectivity index (χ4v) is 1.31. The van der Waals surface area contributed by atoms with Crippen LogP contribution in [0, 0.1) is 0 Å². The molecule has 2 aromatic heterocycles. The molecule has 6 nitrogen and oxygen atoms in total. The van der Waals surface area contributed by atoms with E-state index in [-0.39, 0.29) is 0 Å². The van der Waals surface area contributed by atoms with Crippen LogP contribution < -0.4 is 5.32 Å². The van der Waals surface area contributed by atoms with Crippen molar-refractivity contribution in [2.75, 3.05) is 5.32 Å². The molecule has 0 aliphatic rings. The van der Waals surface area contributed by atoms with E-state index < -0.39 is 0 Å². The van der Waals surface area contributed by atoms with Crippen molar-refractivity contribution in [2.24, 2.45) is 7.05 Å². The van der Waals surface area contributed by atoms with Crippen molar-refractivity contribution >= 4 is 16.5 Å². The van der Waals surface area contributed by atoms with Crippen LogP contribution in [0.3, 0.4) is 0 Å². The van der Waals surface area contributed by atoms with E-state index in [0.717, 1.165) is 10.7 Å². The molecule has 2 aromatic rings. The molecule has 0 saturated carbocycles. The molecule has 2 rings (SSSR count). The highest BCUT2D eigenvalue weighted by atomic mass is 32.1. The zero-order chi connectivity index (χ0) is 9.10. The Balaban J connectivity index is 1.93. The van der Waals surface area contributed by atoms with Crippen LogP contribution in [0.5, 0.6) is 0 Å². The smallest absolute Gasteiger partial charge is 0.130 e. The molecule has 0 amide bonds. The third kappa shape index (κ3) is 2.00. The van der Waals surface area contributed by atoms with Gasteiger partial charge in [0.1, 0.15) is 10.7 Å². The Bertz CT molecular complexity index is 366. The molecule has 68 valence electrons. The van der Waals surface area contributed by atoms with Crippen molar-refractivity contribution in [3.8, 4) is 0 Å². The summed E-state index contributed by atoms with van der Waals surface area (Å²) >= 11 is 1.32. The zero-order valence-electron chi connectivity index (χ0n) is 7.01. The van der Waals surface area contributed by atoms with Gasteiger partial charge < -0.3 is 5.32 Å². The minimum absolute atomic E-state index is 0.651. The predicted molar refractivity (Wildman–Crippen MR) is 48.2 cm³/mol. The maximum atomic E-state index is 3.93. The lowest BCUT2D eigenvalue weighted by Gasteiger charge is -1.95. The summed E-state index contributed by atoms with van der Waals surface area (Å²) in [4.78, 5) is 0. The number of hydrogen-bond acceptors (Lipinski definition) is 6. The Morgan fingerprint density at radius 2 is 2.54 bits per heavy atom. The van der Waals surface area contributed by atoms with Gasteiger partial charge in [0.2, 0.25) is 0 Å². The van der Waals surface area contributed by atoms with Crippen LogP contribution in [-0.4, -0.2) is 24.6 Å². The first-order valence-corrected chi connectivity index (χ1v) is 4.48. The molecule has 0 fully saturated rings. The van der Waals surface area contributed by atoms with Crippen LogP contribution in [0.4, 0.5) is 5.00 Å². The molecule has 0 radical (unpaired) electrons. The molecular formula is C6H8N6S. The highest BCUT2D eigenvalue weighted by molar-refractivity contribution is 7.09. The summed E-state index contributed by atoms with van der Waals surface area (Å²) in [5.74, 6) is 0. The van der Waals surface area contributed by atoms with Crippen LogP contribution in [0.25, 0.3) is 0 Å². The lowest BCUT2D eigenvalue weighted by molar-refractivity contribution is 0.713. The highest BCUT2D eigenvalue weighted by Crippen LogP contribution is 2.09. The number of aromatic nitrogens is 5. The van der Waals surface area contributed by atoms with Gasteiger partial charge in [-0.05, 0) is 0 Å². The summed E-state index contributed by atoms with van der Waals surface area (Å²) in [6, 6.07) is 0. The molecule has 0 spiro atoms. The minimum Gasteiger partial charge on any atom is -0.369 e. The van der Waals surface area contributed by atoms with Gasteiger partial charge in [0.25, 0.3) is 0 Å². The van der Waals surface area contributed by atoms with E-state index in [9.17, 15) is 0 Å². The first kappa shape index (κ1) is 8.11. The number of aryl methyl sites for hydroxylation is 1. The van der Waals surface area contributed by atoms with Gasteiger partial charge in [-0.25, -0.2) is 0 Å². The third-order valence-corrected chi connectivity index (χ3v) is 2.08. The summed E-state index contributed by atoms with van der Waals surface area (Å²) < 4.78 is 5.40. The second-order valence-electron chi connectivity index (χ2n) is 2.52. The van der Waals surface area contributed by atoms with Gasteiger partial charge in [0.15, 0.2) is 0 Å². The van der Waals surface area contributed by atoms with E-state index in [2.05, 4.69) is 25.2 Å². The van der Waals surface area contributed by atoms with E-state index in [4.69, 9.17) is 0 Å². The number of hydrogen-bond donors (Lipinski definition) is 1. The van der Waals surface area contributed by atoms with Gasteiger partial charge in [-0.15, -0.1) is 10.2 Å². The highest BCUT2D eigenvalue weighted by Gasteiger charge is 1.98. The average Bonchev–Trinajstić information content (AvgIpc) is 2.71. The molecule has 1 N–H and O–H groups in total. The van der Waals surface area contributed by atoms with Crippen LogP contribution in [0.1, 0.15) is 5.69 Å². The fourth-order valence-electron chi connectivity index (χ4n) is 0.899. The lowest BCUT2D eigenvalue weighted by Crippen LogP contribution is -1.97. The number of nitrogens with one attached hydrogen (secondary N) is 1. The van der Waals surface area contributed by atoms with E-state index >= 15 is 0 Å². The molecule has 7 heteroatoms. The van der Waals surface area contributed by atoms with Crippen LogP contribution in [-0.2, 0) is 13.6 Å². The quantitative estimate of drug-likeness (QED) is 0.763. The summed E-state index contributed by atoms with van der Waals surface area (Å²) in [5.41, 5.74) is 0.899. The van der Waals surface area contributed by atoms with Gasteiger partial charge in [-0.1, -0.05) is 9.70 Å². The Kier molecular flexibility index (Phi) is 2.17. The zero-order valence-corrected chi connectivity index (χ0v) is 7.82. The number of rotatable bonds is 3. The minimum atomic E-state index is 0.651. The van der Waals surface area contributed by atoms with Gasteiger partial charge in [0, 0.05) is 24.8 Å². The summed E-state index contributed by atoms with van der Waals surface area (Å²) in [6.45, 7) is 0.651. The van der Waals surface area contributed by atoms with Gasteiger partial charge in [-0.2, -0.15) is 0 Å². The normalized spacial score (nSPS) is 10.2. The maximum absolute atomic E-state index is 3.93. The second kappa shape index (κ2) is 3.48. The van der Waals surface area contributed by atoms with Crippen molar-refractivity contribution in [1.29, 1.82) is 0 Å². The first-order chi connectivity index (χ1) is 6.34. The standard InChI is InChI=1S/C6H8N6S/c1-12-4-5(9-10-12)2-7-6-3-8-11-13-6/h3-4,7H,2H2,1H3. The summed E-state index contributed by atoms with van der Waals surface area (Å²) in [5, 5.41) is 15.5. The third-order valence-electron chi connectivity index (χ3n) is 1.46. The number of nitrogens with zero attached hydrogens (tertiary/aromatic N) is 5. The molecular weight excluding hydrogens is 188 g/mol. The van der Waals surface area contributed by atoms with Crippen LogP contribution in [0.2, 0.25) is 0 Å². The molecule has 0 aromatic carbocycles. The Morgan fingerprint density at radius 1 is 1.62 bits per heavy atom. The molecule has 0 saturated heterocycles. The first-order valence-electron chi connectivity index (χ1n) is 3.71. The molecule has 0 aliphatic carbocycles. The molecule has 0 atom stereocenters. The van der Waals surface area contributed by atoms with Crippen molar-refractivity contribution in [2.45, 2.75) is 6.54 Å². The van der Waals surface area contributed by atoms with Crippen LogP contribution >= 0.6 is 11.5 Å². The van der Waals surface area contributed by atoms with E-state index in [1.165, 1.54) is 11.5 Å². The van der Waals surface area contributed by atoms with Gasteiger partial charge in [-0.3, -0.25) is 4.68 Å². The maximum Gasteiger partial charge on any atom is 0.130 e.